The minimum absolute atomic E-state index is 0.0266. The molecule has 5 unspecified atom stereocenters. The lowest BCUT2D eigenvalue weighted by atomic mass is 9.31. The highest BCUT2D eigenvalue weighted by Crippen LogP contribution is 2.86. The van der Waals surface area contributed by atoms with Gasteiger partial charge in [-0.2, -0.15) is 0 Å². The van der Waals surface area contributed by atoms with Gasteiger partial charge in [0.1, 0.15) is 0 Å². The van der Waals surface area contributed by atoms with Crippen molar-refractivity contribution in [2.45, 2.75) is 94.3 Å². The summed E-state index contributed by atoms with van der Waals surface area (Å²) in [4.78, 5) is 2.62. The summed E-state index contributed by atoms with van der Waals surface area (Å²) in [6.45, 7) is 9.92. The van der Waals surface area contributed by atoms with Crippen LogP contribution in [-0.4, -0.2) is 0 Å². The Morgan fingerprint density at radius 2 is 1.02 bits per heavy atom. The largest absolute Gasteiger partial charge is 0.310 e. The van der Waals surface area contributed by atoms with Crippen molar-refractivity contribution in [1.29, 1.82) is 0 Å². The first-order chi connectivity index (χ1) is 30.2. The normalized spacial score (nSPS) is 27.3. The van der Waals surface area contributed by atoms with E-state index in [1.165, 1.54) is 129 Å². The monoisotopic (exact) mass is 801 g/mol. The first kappa shape index (κ1) is 35.9. The first-order valence-electron chi connectivity index (χ1n) is 23.7. The Balaban J connectivity index is 1.06. The number of hydrogen-bond donors (Lipinski definition) is 0. The molecule has 0 heterocycles. The Morgan fingerprint density at radius 1 is 0.435 bits per heavy atom. The van der Waals surface area contributed by atoms with Crippen LogP contribution in [0.5, 0.6) is 0 Å². The van der Waals surface area contributed by atoms with Crippen molar-refractivity contribution >= 4 is 17.1 Å². The van der Waals surface area contributed by atoms with E-state index in [1.54, 1.807) is 5.56 Å². The molecule has 1 nitrogen and oxygen atoms in total. The molecule has 7 aromatic rings. The Morgan fingerprint density at radius 3 is 1.68 bits per heavy atom. The van der Waals surface area contributed by atoms with E-state index in [0.717, 1.165) is 17.8 Å². The van der Waals surface area contributed by atoms with Crippen LogP contribution in [-0.2, 0) is 21.7 Å². The quantitative estimate of drug-likeness (QED) is 0.168. The van der Waals surface area contributed by atoms with E-state index in [9.17, 15) is 0 Å². The van der Waals surface area contributed by atoms with Gasteiger partial charge in [0.25, 0.3) is 0 Å². The topological polar surface area (TPSA) is 3.24 Å². The van der Waals surface area contributed by atoms with Crippen LogP contribution in [0.1, 0.15) is 112 Å². The zero-order chi connectivity index (χ0) is 41.4. The predicted molar refractivity (Wildman–Crippen MR) is 256 cm³/mol. The fourth-order valence-corrected chi connectivity index (χ4v) is 16.1. The smallest absolute Gasteiger partial charge is 0.0726 e. The molecule has 0 saturated heterocycles. The molecule has 2 bridgehead atoms. The van der Waals surface area contributed by atoms with Crippen LogP contribution in [0.2, 0.25) is 0 Å². The van der Waals surface area contributed by atoms with Gasteiger partial charge in [0, 0.05) is 22.4 Å². The van der Waals surface area contributed by atoms with Crippen LogP contribution in [0.3, 0.4) is 0 Å². The summed E-state index contributed by atoms with van der Waals surface area (Å²) in [6.07, 6.45) is 9.66. The summed E-state index contributed by atoms with van der Waals surface area (Å²) in [6, 6.07) is 61.7. The van der Waals surface area contributed by atoms with E-state index in [0.29, 0.717) is 10.8 Å². The maximum Gasteiger partial charge on any atom is 0.0726 e. The van der Waals surface area contributed by atoms with E-state index in [1.807, 2.05) is 0 Å². The molecule has 0 aliphatic heterocycles. The number of para-hydroxylation sites is 1. The second-order valence-electron chi connectivity index (χ2n) is 22.0. The highest BCUT2D eigenvalue weighted by atomic mass is 15.1. The average Bonchev–Trinajstić information content (AvgIpc) is 3.99. The van der Waals surface area contributed by atoms with Gasteiger partial charge in [-0.3, -0.25) is 0 Å². The Kier molecular flexibility index (Phi) is 6.87. The van der Waals surface area contributed by atoms with E-state index < -0.39 is 5.41 Å². The third-order valence-electron chi connectivity index (χ3n) is 18.6. The van der Waals surface area contributed by atoms with Crippen molar-refractivity contribution in [3.63, 3.8) is 0 Å². The van der Waals surface area contributed by atoms with E-state index >= 15 is 0 Å². The van der Waals surface area contributed by atoms with Crippen molar-refractivity contribution in [1.82, 2.24) is 0 Å². The van der Waals surface area contributed by atoms with Crippen LogP contribution in [0.15, 0.2) is 158 Å². The fraction of sp³-hybridized carbons (Fsp3) is 0.311. The Bertz CT molecular complexity index is 2990. The number of anilines is 3. The average molecular weight is 802 g/mol. The lowest BCUT2D eigenvalue weighted by molar-refractivity contribution is -0.198. The van der Waals surface area contributed by atoms with Crippen LogP contribution < -0.4 is 4.90 Å². The molecule has 0 amide bonds. The van der Waals surface area contributed by atoms with Gasteiger partial charge >= 0.3 is 0 Å². The van der Waals surface area contributed by atoms with E-state index in [-0.39, 0.29) is 10.8 Å². The maximum atomic E-state index is 2.65. The lowest BCUT2D eigenvalue weighted by Gasteiger charge is -2.73. The molecule has 62 heavy (non-hydrogen) atoms. The Hall–Kier alpha value is -5.66. The second kappa shape index (κ2) is 11.9. The summed E-state index contributed by atoms with van der Waals surface area (Å²) in [5.41, 5.74) is 22.6. The van der Waals surface area contributed by atoms with Crippen molar-refractivity contribution in [3.8, 4) is 33.4 Å². The van der Waals surface area contributed by atoms with E-state index in [2.05, 4.69) is 190 Å². The van der Waals surface area contributed by atoms with E-state index in [4.69, 9.17) is 0 Å². The highest BCUT2D eigenvalue weighted by Gasteiger charge is 2.80. The number of nitrogens with zero attached hydrogens (tertiary/aromatic N) is 1. The molecule has 4 fully saturated rings. The van der Waals surface area contributed by atoms with Crippen LogP contribution in [0, 0.1) is 23.2 Å². The predicted octanol–water partition coefficient (Wildman–Crippen LogP) is 15.6. The third-order valence-corrected chi connectivity index (χ3v) is 18.6. The van der Waals surface area contributed by atoms with Gasteiger partial charge in [0.15, 0.2) is 0 Å². The fourth-order valence-electron chi connectivity index (χ4n) is 16.1. The molecule has 7 aliphatic rings. The second-order valence-corrected chi connectivity index (χ2v) is 22.0. The highest BCUT2D eigenvalue weighted by molar-refractivity contribution is 6.00. The minimum atomic E-state index is -0.434. The summed E-state index contributed by atoms with van der Waals surface area (Å²) in [7, 11) is 0. The number of fused-ring (bicyclic) bond motifs is 12. The van der Waals surface area contributed by atoms with Gasteiger partial charge < -0.3 is 4.90 Å². The van der Waals surface area contributed by atoms with Crippen molar-refractivity contribution in [2.24, 2.45) is 23.2 Å². The molecule has 2 spiro atoms. The van der Waals surface area contributed by atoms with Gasteiger partial charge in [-0.25, -0.2) is 0 Å². The van der Waals surface area contributed by atoms with Gasteiger partial charge in [-0.05, 0) is 182 Å². The molecular weight excluding hydrogens is 747 g/mol. The van der Waals surface area contributed by atoms with Crippen molar-refractivity contribution in [2.75, 3.05) is 4.90 Å². The third kappa shape index (κ3) is 4.18. The maximum absolute atomic E-state index is 2.65. The molecule has 14 rings (SSSR count). The number of hydrogen-bond acceptors (Lipinski definition) is 1. The molecule has 7 aromatic carbocycles. The SMILES string of the molecule is CC1(C)CCC(C)(C)c2c(-c3cc4c(cc3N(c3ccccc3)c3ccc(C56CC7CC8CC(C5)C86C7)cc3)C3(c5ccccc5-c5ccccc53)c3ccccc3-4)cccc21. The van der Waals surface area contributed by atoms with Crippen molar-refractivity contribution in [3.05, 3.63) is 197 Å². The van der Waals surface area contributed by atoms with Crippen LogP contribution >= 0.6 is 0 Å². The van der Waals surface area contributed by atoms with Gasteiger partial charge in [-0.1, -0.05) is 149 Å². The van der Waals surface area contributed by atoms with Gasteiger partial charge in [-0.15, -0.1) is 0 Å². The zero-order valence-corrected chi connectivity index (χ0v) is 36.6. The Labute approximate surface area is 367 Å². The zero-order valence-electron chi connectivity index (χ0n) is 36.6. The van der Waals surface area contributed by atoms with Crippen LogP contribution in [0.4, 0.5) is 17.1 Å². The molecule has 0 N–H and O–H groups in total. The van der Waals surface area contributed by atoms with Crippen molar-refractivity contribution < 1.29 is 0 Å². The molecule has 1 heteroatoms. The number of rotatable bonds is 5. The molecule has 0 aromatic heterocycles. The number of benzene rings is 7. The summed E-state index contributed by atoms with van der Waals surface area (Å²) >= 11 is 0. The molecule has 304 valence electrons. The summed E-state index contributed by atoms with van der Waals surface area (Å²) in [5, 5.41) is 0. The van der Waals surface area contributed by atoms with Crippen LogP contribution in [0.25, 0.3) is 33.4 Å². The summed E-state index contributed by atoms with van der Waals surface area (Å²) in [5.74, 6) is 2.89. The molecule has 7 aliphatic carbocycles. The molecule has 4 saturated carbocycles. The molecule has 0 radical (unpaired) electrons. The standard InChI is InChI=1S/C61H55N/c1-57(2)29-30-58(3,4)56-47(20-14-24-53(56)57)49-33-48-46-19-10-13-23-52(46)61(50-21-11-8-17-44(50)45-18-9-12-22-51(45)61)54(48)34-55(49)62(42-15-6-5-7-16-42)43-27-25-39(26-28-43)59-35-38-31-40-32-41(37-59)60(40,59)36-38/h5-28,33-34,38,40-41H,29-32,35-37H2,1-4H3. The van der Waals surface area contributed by atoms with Gasteiger partial charge in [0.05, 0.1) is 11.1 Å². The molecular formula is C61H55N. The van der Waals surface area contributed by atoms with Gasteiger partial charge in [0.2, 0.25) is 0 Å². The molecule has 5 atom stereocenters. The lowest BCUT2D eigenvalue weighted by Crippen LogP contribution is -2.68. The summed E-state index contributed by atoms with van der Waals surface area (Å²) < 4.78 is 0. The first-order valence-corrected chi connectivity index (χ1v) is 23.7. The minimum Gasteiger partial charge on any atom is -0.310 e.